The van der Waals surface area contributed by atoms with Gasteiger partial charge in [-0.2, -0.15) is 0 Å². The molecule has 3 heteroatoms. The lowest BCUT2D eigenvalue weighted by atomic mass is 10.1. The summed E-state index contributed by atoms with van der Waals surface area (Å²) in [6, 6.07) is 7.16. The largest absolute Gasteiger partial charge is 0.432 e. The molecule has 0 saturated heterocycles. The van der Waals surface area contributed by atoms with Crippen LogP contribution in [0.4, 0.5) is 0 Å². The van der Waals surface area contributed by atoms with Gasteiger partial charge < -0.3 is 9.47 Å². The van der Waals surface area contributed by atoms with E-state index in [0.29, 0.717) is 12.0 Å². The van der Waals surface area contributed by atoms with Crippen LogP contribution in [0.3, 0.4) is 0 Å². The summed E-state index contributed by atoms with van der Waals surface area (Å²) in [4.78, 5) is 11.8. The summed E-state index contributed by atoms with van der Waals surface area (Å²) >= 11 is 0. The number of hydrogen-bond donors (Lipinski definition) is 0. The third-order valence-electron chi connectivity index (χ3n) is 2.24. The van der Waals surface area contributed by atoms with Crippen LogP contribution in [-0.2, 0) is 9.47 Å². The minimum Gasteiger partial charge on any atom is -0.432 e. The van der Waals surface area contributed by atoms with Crippen LogP contribution in [0.1, 0.15) is 29.3 Å². The third-order valence-corrected chi connectivity index (χ3v) is 2.24. The molecule has 0 amide bonds. The highest BCUT2D eigenvalue weighted by Gasteiger charge is 2.15. The van der Waals surface area contributed by atoms with Gasteiger partial charge in [-0.15, -0.1) is 0 Å². The normalized spacial score (nSPS) is 11.9. The van der Waals surface area contributed by atoms with E-state index in [1.165, 1.54) is 7.11 Å². The molecule has 0 spiro atoms. The summed E-state index contributed by atoms with van der Waals surface area (Å²) in [5.74, 6) is -0.385. The lowest BCUT2D eigenvalue weighted by Gasteiger charge is -2.14. The second-order valence-electron chi connectivity index (χ2n) is 3.27. The molecule has 0 bridgehead atoms. The van der Waals surface area contributed by atoms with E-state index in [1.807, 2.05) is 19.1 Å². The minimum absolute atomic E-state index is 0.385. The molecule has 0 radical (unpaired) electrons. The van der Waals surface area contributed by atoms with Crippen molar-refractivity contribution < 1.29 is 14.3 Å². The van der Waals surface area contributed by atoms with Crippen LogP contribution in [0.25, 0.3) is 6.08 Å². The molecule has 0 aromatic heterocycles. The molecule has 16 heavy (non-hydrogen) atoms. The molecular formula is C13H16O3. The van der Waals surface area contributed by atoms with Crippen molar-refractivity contribution in [2.75, 3.05) is 7.11 Å². The number of esters is 1. The van der Waals surface area contributed by atoms with E-state index < -0.39 is 6.29 Å². The van der Waals surface area contributed by atoms with Gasteiger partial charge in [-0.3, -0.25) is 0 Å². The summed E-state index contributed by atoms with van der Waals surface area (Å²) < 4.78 is 10.2. The number of hydrogen-bond acceptors (Lipinski definition) is 3. The Morgan fingerprint density at radius 2 is 2.19 bits per heavy atom. The predicted molar refractivity (Wildman–Crippen MR) is 63.0 cm³/mol. The summed E-state index contributed by atoms with van der Waals surface area (Å²) in [6.07, 6.45) is 1.76. The quantitative estimate of drug-likeness (QED) is 0.565. The van der Waals surface area contributed by atoms with Gasteiger partial charge in [0.1, 0.15) is 0 Å². The maximum Gasteiger partial charge on any atom is 0.341 e. The van der Waals surface area contributed by atoms with Gasteiger partial charge in [0, 0.05) is 13.5 Å². The van der Waals surface area contributed by atoms with E-state index in [0.717, 1.165) is 5.56 Å². The SMILES string of the molecule is C=Cc1ccccc1C(=O)OC(CC)OC. The first-order valence-electron chi connectivity index (χ1n) is 5.18. The molecule has 0 fully saturated rings. The summed E-state index contributed by atoms with van der Waals surface area (Å²) in [6.45, 7) is 5.54. The van der Waals surface area contributed by atoms with Crippen molar-refractivity contribution in [3.63, 3.8) is 0 Å². The van der Waals surface area contributed by atoms with Crippen molar-refractivity contribution in [3.05, 3.63) is 42.0 Å². The smallest absolute Gasteiger partial charge is 0.341 e. The molecule has 1 aromatic rings. The first-order valence-corrected chi connectivity index (χ1v) is 5.18. The predicted octanol–water partition coefficient (Wildman–Crippen LogP) is 2.87. The summed E-state index contributed by atoms with van der Waals surface area (Å²) in [5.41, 5.74) is 1.27. The monoisotopic (exact) mass is 220 g/mol. The van der Waals surface area contributed by atoms with Gasteiger partial charge >= 0.3 is 5.97 Å². The zero-order valence-electron chi connectivity index (χ0n) is 9.60. The van der Waals surface area contributed by atoms with Gasteiger partial charge in [0.2, 0.25) is 6.29 Å². The number of carbonyl (C=O) groups excluding carboxylic acids is 1. The second kappa shape index (κ2) is 6.08. The molecule has 0 heterocycles. The lowest BCUT2D eigenvalue weighted by Crippen LogP contribution is -2.19. The summed E-state index contributed by atoms with van der Waals surface area (Å²) in [5, 5.41) is 0. The Morgan fingerprint density at radius 1 is 1.50 bits per heavy atom. The van der Waals surface area contributed by atoms with Gasteiger partial charge in [-0.25, -0.2) is 4.79 Å². The molecular weight excluding hydrogens is 204 g/mol. The zero-order valence-corrected chi connectivity index (χ0v) is 9.60. The fourth-order valence-corrected chi connectivity index (χ4v) is 1.34. The molecule has 0 saturated carbocycles. The van der Waals surface area contributed by atoms with Gasteiger partial charge in [-0.05, 0) is 11.6 Å². The molecule has 3 nitrogen and oxygen atoms in total. The van der Waals surface area contributed by atoms with Crippen LogP contribution in [0, 0.1) is 0 Å². The van der Waals surface area contributed by atoms with E-state index >= 15 is 0 Å². The van der Waals surface area contributed by atoms with E-state index in [1.54, 1.807) is 18.2 Å². The maximum atomic E-state index is 11.8. The zero-order chi connectivity index (χ0) is 12.0. The molecule has 0 aliphatic rings. The van der Waals surface area contributed by atoms with Crippen LogP contribution >= 0.6 is 0 Å². The Bertz CT molecular complexity index is 367. The van der Waals surface area contributed by atoms with Crippen LogP contribution in [-0.4, -0.2) is 19.4 Å². The first-order chi connectivity index (χ1) is 7.72. The minimum atomic E-state index is -0.495. The first kappa shape index (κ1) is 12.5. The molecule has 1 atom stereocenters. The van der Waals surface area contributed by atoms with Crippen molar-refractivity contribution in [2.45, 2.75) is 19.6 Å². The Hall–Kier alpha value is -1.61. The highest BCUT2D eigenvalue weighted by molar-refractivity contribution is 5.93. The maximum absolute atomic E-state index is 11.8. The molecule has 0 aliphatic heterocycles. The fraction of sp³-hybridized carbons (Fsp3) is 0.308. The molecule has 0 aliphatic carbocycles. The fourth-order valence-electron chi connectivity index (χ4n) is 1.34. The van der Waals surface area contributed by atoms with Crippen molar-refractivity contribution in [2.24, 2.45) is 0 Å². The van der Waals surface area contributed by atoms with Gasteiger partial charge in [0.05, 0.1) is 5.56 Å². The van der Waals surface area contributed by atoms with Gasteiger partial charge in [-0.1, -0.05) is 37.8 Å². The highest BCUT2D eigenvalue weighted by atomic mass is 16.7. The number of ether oxygens (including phenoxy) is 2. The van der Waals surface area contributed by atoms with E-state index in [-0.39, 0.29) is 5.97 Å². The number of rotatable bonds is 5. The van der Waals surface area contributed by atoms with Crippen molar-refractivity contribution >= 4 is 12.0 Å². The summed E-state index contributed by atoms with van der Waals surface area (Å²) in [7, 11) is 1.51. The van der Waals surface area contributed by atoms with E-state index in [4.69, 9.17) is 9.47 Å². The van der Waals surface area contributed by atoms with Crippen molar-refractivity contribution in [1.82, 2.24) is 0 Å². The highest BCUT2D eigenvalue weighted by Crippen LogP contribution is 2.13. The van der Waals surface area contributed by atoms with E-state index in [9.17, 15) is 4.79 Å². The number of carbonyl (C=O) groups is 1. The number of methoxy groups -OCH3 is 1. The Kier molecular flexibility index (Phi) is 4.73. The second-order valence-corrected chi connectivity index (χ2v) is 3.27. The Morgan fingerprint density at radius 3 is 2.75 bits per heavy atom. The van der Waals surface area contributed by atoms with Gasteiger partial charge in [0.25, 0.3) is 0 Å². The van der Waals surface area contributed by atoms with Crippen molar-refractivity contribution in [3.8, 4) is 0 Å². The molecule has 1 aromatic carbocycles. The van der Waals surface area contributed by atoms with E-state index in [2.05, 4.69) is 6.58 Å². The molecule has 1 unspecified atom stereocenters. The average molecular weight is 220 g/mol. The molecule has 1 rings (SSSR count). The Labute approximate surface area is 95.7 Å². The van der Waals surface area contributed by atoms with Crippen LogP contribution in [0.15, 0.2) is 30.8 Å². The van der Waals surface area contributed by atoms with Gasteiger partial charge in [0.15, 0.2) is 0 Å². The topological polar surface area (TPSA) is 35.5 Å². The lowest BCUT2D eigenvalue weighted by molar-refractivity contribution is -0.0905. The molecule has 0 N–H and O–H groups in total. The molecule has 86 valence electrons. The van der Waals surface area contributed by atoms with Crippen LogP contribution in [0.5, 0.6) is 0 Å². The Balaban J connectivity index is 2.83. The third kappa shape index (κ3) is 2.94. The number of benzene rings is 1. The standard InChI is InChI=1S/C13H16O3/c1-4-10-8-6-7-9-11(10)13(14)16-12(5-2)15-3/h4,6-9,12H,1,5H2,2-3H3. The van der Waals surface area contributed by atoms with Crippen LogP contribution in [0.2, 0.25) is 0 Å². The van der Waals surface area contributed by atoms with Crippen LogP contribution < -0.4 is 0 Å². The van der Waals surface area contributed by atoms with Crippen molar-refractivity contribution in [1.29, 1.82) is 0 Å². The average Bonchev–Trinajstić information content (AvgIpc) is 2.35.